The van der Waals surface area contributed by atoms with E-state index in [4.69, 9.17) is 0 Å². The number of ketones is 1. The van der Waals surface area contributed by atoms with Gasteiger partial charge in [0.25, 0.3) is 0 Å². The quantitative estimate of drug-likeness (QED) is 0.607. The van der Waals surface area contributed by atoms with Crippen molar-refractivity contribution in [2.45, 2.75) is 36.7 Å². The summed E-state index contributed by atoms with van der Waals surface area (Å²) in [6, 6.07) is 0. The third-order valence-electron chi connectivity index (χ3n) is 5.70. The van der Waals surface area contributed by atoms with Gasteiger partial charge in [0.1, 0.15) is 0 Å². The second kappa shape index (κ2) is 5.06. The molecular formula is C18H22OS2. The van der Waals surface area contributed by atoms with Gasteiger partial charge in [0, 0.05) is 5.92 Å². The lowest BCUT2D eigenvalue weighted by Crippen LogP contribution is -2.50. The first-order valence-electron chi connectivity index (χ1n) is 8.04. The number of allylic oxidation sites excluding steroid dienone is 6. The van der Waals surface area contributed by atoms with Gasteiger partial charge in [-0.25, -0.2) is 0 Å². The van der Waals surface area contributed by atoms with Crippen LogP contribution in [0.4, 0.5) is 0 Å². The van der Waals surface area contributed by atoms with E-state index in [0.29, 0.717) is 11.7 Å². The molecule has 1 aliphatic heterocycles. The van der Waals surface area contributed by atoms with Crippen molar-refractivity contribution < 1.29 is 4.79 Å². The molecule has 3 atom stereocenters. The number of carbonyl (C=O) groups excluding carboxylic acids is 1. The van der Waals surface area contributed by atoms with E-state index in [0.717, 1.165) is 6.42 Å². The van der Waals surface area contributed by atoms with Crippen molar-refractivity contribution in [3.8, 4) is 0 Å². The van der Waals surface area contributed by atoms with Gasteiger partial charge in [-0.1, -0.05) is 36.0 Å². The van der Waals surface area contributed by atoms with Crippen LogP contribution in [0.2, 0.25) is 0 Å². The smallest absolute Gasteiger partial charge is 0.152 e. The standard InChI is InChI=1S/C18H22OS2/c1-13-6-7-14-5-2-3-9-17(16(14)19)15(13)8-10-18(17)20-11-4-12-21-18/h2-3,5-6,9,14-15H,4,7-8,10-12H2,1H3/t14-,15-,17-/m1/s1. The lowest BCUT2D eigenvalue weighted by atomic mass is 9.69. The second-order valence-corrected chi connectivity index (χ2v) is 9.71. The molecule has 2 bridgehead atoms. The summed E-state index contributed by atoms with van der Waals surface area (Å²) in [5.74, 6) is 3.42. The van der Waals surface area contributed by atoms with Crippen LogP contribution in [0, 0.1) is 17.3 Å². The largest absolute Gasteiger partial charge is 0.298 e. The van der Waals surface area contributed by atoms with E-state index >= 15 is 0 Å². The van der Waals surface area contributed by atoms with Crippen molar-refractivity contribution in [2.24, 2.45) is 17.3 Å². The fourth-order valence-electron chi connectivity index (χ4n) is 4.70. The summed E-state index contributed by atoms with van der Waals surface area (Å²) in [5, 5.41) is 0. The van der Waals surface area contributed by atoms with Crippen LogP contribution >= 0.6 is 23.5 Å². The number of fused-ring (bicyclic) bond motifs is 1. The fraction of sp³-hybridized carbons (Fsp3) is 0.611. The highest BCUT2D eigenvalue weighted by Gasteiger charge is 2.65. The predicted octanol–water partition coefficient (Wildman–Crippen LogP) is 4.61. The second-order valence-electron chi connectivity index (χ2n) is 6.66. The normalized spacial score (nSPS) is 40.6. The van der Waals surface area contributed by atoms with Crippen molar-refractivity contribution in [3.63, 3.8) is 0 Å². The highest BCUT2D eigenvalue weighted by Crippen LogP contribution is 2.68. The summed E-state index contributed by atoms with van der Waals surface area (Å²) in [4.78, 5) is 13.5. The molecule has 0 radical (unpaired) electrons. The minimum atomic E-state index is -0.270. The van der Waals surface area contributed by atoms with Gasteiger partial charge >= 0.3 is 0 Å². The predicted molar refractivity (Wildman–Crippen MR) is 92.6 cm³/mol. The number of Topliss-reactive ketones (excluding diaryl/α,β-unsaturated/α-hetero) is 1. The van der Waals surface area contributed by atoms with E-state index in [2.05, 4.69) is 60.8 Å². The highest BCUT2D eigenvalue weighted by atomic mass is 32.2. The molecule has 2 spiro atoms. The van der Waals surface area contributed by atoms with Crippen LogP contribution in [0.15, 0.2) is 36.0 Å². The Morgan fingerprint density at radius 3 is 2.86 bits per heavy atom. The minimum Gasteiger partial charge on any atom is -0.298 e. The molecule has 0 N–H and O–H groups in total. The fourth-order valence-corrected chi connectivity index (χ4v) is 8.58. The zero-order valence-electron chi connectivity index (χ0n) is 12.5. The average Bonchev–Trinajstić information content (AvgIpc) is 2.64. The average molecular weight is 319 g/mol. The van der Waals surface area contributed by atoms with Gasteiger partial charge in [-0.15, -0.1) is 23.5 Å². The monoisotopic (exact) mass is 318 g/mol. The topological polar surface area (TPSA) is 17.1 Å². The lowest BCUT2D eigenvalue weighted by molar-refractivity contribution is -0.129. The molecule has 2 fully saturated rings. The number of rotatable bonds is 0. The van der Waals surface area contributed by atoms with Gasteiger partial charge in [-0.05, 0) is 50.0 Å². The minimum absolute atomic E-state index is 0.0815. The number of hydrogen-bond acceptors (Lipinski definition) is 3. The first-order valence-corrected chi connectivity index (χ1v) is 10.0. The number of hydrogen-bond donors (Lipinski definition) is 0. The van der Waals surface area contributed by atoms with Crippen LogP contribution in [0.1, 0.15) is 32.6 Å². The molecule has 0 aromatic rings. The summed E-state index contributed by atoms with van der Waals surface area (Å²) >= 11 is 4.16. The van der Waals surface area contributed by atoms with E-state index in [1.54, 1.807) is 0 Å². The van der Waals surface area contributed by atoms with Crippen molar-refractivity contribution in [1.29, 1.82) is 0 Å². The van der Waals surface area contributed by atoms with Crippen molar-refractivity contribution in [1.82, 2.24) is 0 Å². The molecule has 3 heteroatoms. The van der Waals surface area contributed by atoms with Crippen LogP contribution in [-0.4, -0.2) is 21.4 Å². The van der Waals surface area contributed by atoms with Crippen LogP contribution in [0.25, 0.3) is 0 Å². The van der Waals surface area contributed by atoms with E-state index in [1.807, 2.05) is 0 Å². The molecule has 1 saturated heterocycles. The molecule has 1 heterocycles. The highest BCUT2D eigenvalue weighted by molar-refractivity contribution is 8.18. The van der Waals surface area contributed by atoms with E-state index < -0.39 is 0 Å². The van der Waals surface area contributed by atoms with E-state index in [1.165, 1.54) is 36.3 Å². The molecule has 0 amide bonds. The molecule has 3 aliphatic carbocycles. The molecule has 1 nitrogen and oxygen atoms in total. The first kappa shape index (κ1) is 14.2. The third kappa shape index (κ3) is 1.83. The van der Waals surface area contributed by atoms with Gasteiger partial charge < -0.3 is 0 Å². The van der Waals surface area contributed by atoms with Crippen LogP contribution < -0.4 is 0 Å². The maximum atomic E-state index is 13.5. The van der Waals surface area contributed by atoms with Gasteiger partial charge in [0.2, 0.25) is 0 Å². The van der Waals surface area contributed by atoms with E-state index in [9.17, 15) is 4.79 Å². The molecular weight excluding hydrogens is 296 g/mol. The zero-order valence-corrected chi connectivity index (χ0v) is 14.1. The Bertz CT molecular complexity index is 554. The summed E-state index contributed by atoms with van der Waals surface area (Å²) < 4.78 is 0.0905. The SMILES string of the molecule is CC1=CC[C@H]2C=CC=C[C@]3(C2=O)[C@@H]1CCC31SCCCS1. The molecule has 0 aromatic heterocycles. The Morgan fingerprint density at radius 2 is 2.05 bits per heavy atom. The maximum absolute atomic E-state index is 13.5. The molecule has 112 valence electrons. The lowest BCUT2D eigenvalue weighted by Gasteiger charge is -2.47. The van der Waals surface area contributed by atoms with Crippen LogP contribution in [0.5, 0.6) is 0 Å². The van der Waals surface area contributed by atoms with Gasteiger partial charge in [0.15, 0.2) is 5.78 Å². The number of thioether (sulfide) groups is 2. The van der Waals surface area contributed by atoms with Crippen molar-refractivity contribution in [3.05, 3.63) is 36.0 Å². The van der Waals surface area contributed by atoms with E-state index in [-0.39, 0.29) is 15.4 Å². The van der Waals surface area contributed by atoms with Crippen LogP contribution in [-0.2, 0) is 4.79 Å². The molecule has 21 heavy (non-hydrogen) atoms. The van der Waals surface area contributed by atoms with Crippen LogP contribution in [0.3, 0.4) is 0 Å². The summed E-state index contributed by atoms with van der Waals surface area (Å²) in [6.07, 6.45) is 15.6. The van der Waals surface area contributed by atoms with Crippen molar-refractivity contribution in [2.75, 3.05) is 11.5 Å². The Hall–Kier alpha value is -0.410. The maximum Gasteiger partial charge on any atom is 0.152 e. The van der Waals surface area contributed by atoms with Gasteiger partial charge in [-0.3, -0.25) is 4.79 Å². The molecule has 4 rings (SSSR count). The first-order chi connectivity index (χ1) is 10.2. The molecule has 0 unspecified atom stereocenters. The van der Waals surface area contributed by atoms with Gasteiger partial charge in [0.05, 0.1) is 9.49 Å². The molecule has 0 aromatic carbocycles. The number of carbonyl (C=O) groups is 1. The Morgan fingerprint density at radius 1 is 1.24 bits per heavy atom. The third-order valence-corrected chi connectivity index (χ3v) is 9.41. The summed E-state index contributed by atoms with van der Waals surface area (Å²) in [5.41, 5.74) is 1.18. The Kier molecular flexibility index (Phi) is 3.42. The Balaban J connectivity index is 1.91. The zero-order chi connectivity index (χ0) is 14.5. The van der Waals surface area contributed by atoms with Gasteiger partial charge in [-0.2, -0.15) is 0 Å². The molecule has 4 aliphatic rings. The Labute approximate surface area is 135 Å². The summed E-state index contributed by atoms with van der Waals surface area (Å²) in [6.45, 7) is 2.26. The van der Waals surface area contributed by atoms with Crippen molar-refractivity contribution >= 4 is 29.3 Å². The molecule has 1 saturated carbocycles. The summed E-state index contributed by atoms with van der Waals surface area (Å²) in [7, 11) is 0.